The van der Waals surface area contributed by atoms with E-state index in [2.05, 4.69) is 24.3 Å². The van der Waals surface area contributed by atoms with Gasteiger partial charge in [0.15, 0.2) is 0 Å². The maximum atomic E-state index is 11.3. The van der Waals surface area contributed by atoms with Crippen molar-refractivity contribution in [2.45, 2.75) is 0 Å². The van der Waals surface area contributed by atoms with Gasteiger partial charge in [0, 0.05) is 16.7 Å². The van der Waals surface area contributed by atoms with Crippen LogP contribution >= 0.6 is 7.82 Å². The van der Waals surface area contributed by atoms with Gasteiger partial charge in [-0.2, -0.15) is 0 Å². The highest BCUT2D eigenvalue weighted by molar-refractivity contribution is 7.45. The second kappa shape index (κ2) is 11.2. The quantitative estimate of drug-likeness (QED) is 0.168. The fraction of sp³-hybridized carbons (Fsp3) is 0. The molecule has 5 N–H and O–H groups in total. The summed E-state index contributed by atoms with van der Waals surface area (Å²) in [6.07, 6.45) is 0. The Bertz CT molecular complexity index is 1520. The summed E-state index contributed by atoms with van der Waals surface area (Å²) in [6, 6.07) is 39.3. The summed E-state index contributed by atoms with van der Waals surface area (Å²) in [4.78, 5) is 21.6. The predicted molar refractivity (Wildman–Crippen MR) is 146 cm³/mol. The smallest absolute Gasteiger partial charge is 0.466 e. The zero-order valence-corrected chi connectivity index (χ0v) is 20.5. The first-order valence-corrected chi connectivity index (χ1v) is 12.9. The average Bonchev–Trinajstić information content (AvgIpc) is 2.89. The molecule has 0 bridgehead atoms. The van der Waals surface area contributed by atoms with Gasteiger partial charge in [0.25, 0.3) is 0 Å². The number of aromatic hydroxyl groups is 2. The molecule has 37 heavy (non-hydrogen) atoms. The lowest BCUT2D eigenvalue weighted by Crippen LogP contribution is -1.95. The molecule has 0 unspecified atom stereocenters. The van der Waals surface area contributed by atoms with Crippen LogP contribution in [-0.2, 0) is 4.57 Å². The monoisotopic (exact) mass is 512 g/mol. The standard InChI is InChI=1S/C30H22O2.H3O4P/c31-26-19-11-10-18-24(26)30-27(32)20-25(21-12-4-1-5-13-21)28(22-14-6-2-7-15-22)29(30)23-16-8-3-9-17-23;1-5(2,3)4/h1-20,31-32H;(H3,1,2,3,4). The van der Waals surface area contributed by atoms with Gasteiger partial charge in [0.2, 0.25) is 0 Å². The van der Waals surface area contributed by atoms with Gasteiger partial charge in [-0.25, -0.2) is 4.57 Å². The molecule has 0 saturated heterocycles. The summed E-state index contributed by atoms with van der Waals surface area (Å²) < 4.78 is 8.88. The van der Waals surface area contributed by atoms with Crippen LogP contribution in [-0.4, -0.2) is 24.9 Å². The third kappa shape index (κ3) is 6.33. The molecule has 0 aliphatic carbocycles. The highest BCUT2D eigenvalue weighted by atomic mass is 31.2. The van der Waals surface area contributed by atoms with Crippen LogP contribution in [0.15, 0.2) is 121 Å². The number of phenols is 2. The van der Waals surface area contributed by atoms with Crippen LogP contribution in [0.2, 0.25) is 0 Å². The topological polar surface area (TPSA) is 118 Å². The number of hydrogen-bond donors (Lipinski definition) is 5. The molecule has 5 aromatic carbocycles. The van der Waals surface area contributed by atoms with E-state index in [9.17, 15) is 10.2 Å². The van der Waals surface area contributed by atoms with Crippen LogP contribution in [0.3, 0.4) is 0 Å². The lowest BCUT2D eigenvalue weighted by molar-refractivity contribution is 0.275. The number of benzene rings is 5. The lowest BCUT2D eigenvalue weighted by atomic mass is 9.82. The van der Waals surface area contributed by atoms with E-state index in [1.807, 2.05) is 84.9 Å². The molecular formula is C30H25O6P. The highest BCUT2D eigenvalue weighted by Crippen LogP contribution is 2.51. The van der Waals surface area contributed by atoms with Crippen LogP contribution in [0, 0.1) is 0 Å². The van der Waals surface area contributed by atoms with Gasteiger partial charge in [-0.15, -0.1) is 0 Å². The van der Waals surface area contributed by atoms with E-state index in [1.54, 1.807) is 12.1 Å². The Balaban J connectivity index is 0.000000586. The van der Waals surface area contributed by atoms with Gasteiger partial charge < -0.3 is 24.9 Å². The van der Waals surface area contributed by atoms with Gasteiger partial charge in [-0.1, -0.05) is 109 Å². The third-order valence-electron chi connectivity index (χ3n) is 5.69. The SMILES string of the molecule is O=P(O)(O)O.Oc1ccccc1-c1c(O)cc(-c2ccccc2)c(-c2ccccc2)c1-c1ccccc1. The van der Waals surface area contributed by atoms with Crippen molar-refractivity contribution in [3.8, 4) is 56.0 Å². The van der Waals surface area contributed by atoms with Gasteiger partial charge in [-0.3, -0.25) is 0 Å². The van der Waals surface area contributed by atoms with Crippen LogP contribution < -0.4 is 0 Å². The summed E-state index contributed by atoms with van der Waals surface area (Å²) in [7, 11) is -4.64. The Morgan fingerprint density at radius 2 is 0.838 bits per heavy atom. The third-order valence-corrected chi connectivity index (χ3v) is 5.69. The number of rotatable bonds is 4. The molecule has 0 amide bonds. The normalized spacial score (nSPS) is 10.9. The number of para-hydroxylation sites is 1. The fourth-order valence-corrected chi connectivity index (χ4v) is 4.27. The Labute approximate surface area is 214 Å². The molecule has 0 aromatic heterocycles. The first-order chi connectivity index (χ1) is 17.7. The van der Waals surface area contributed by atoms with Crippen molar-refractivity contribution in [2.75, 3.05) is 0 Å². The first-order valence-electron chi connectivity index (χ1n) is 11.4. The molecule has 0 radical (unpaired) electrons. The van der Waals surface area contributed by atoms with Crippen molar-refractivity contribution in [1.82, 2.24) is 0 Å². The van der Waals surface area contributed by atoms with Gasteiger partial charge in [-0.05, 0) is 39.9 Å². The molecule has 0 atom stereocenters. The molecule has 7 heteroatoms. The minimum atomic E-state index is -4.64. The van der Waals surface area contributed by atoms with Crippen molar-refractivity contribution in [3.63, 3.8) is 0 Å². The van der Waals surface area contributed by atoms with Crippen LogP contribution in [0.25, 0.3) is 44.5 Å². The number of phenolic OH excluding ortho intramolecular Hbond substituents is 2. The van der Waals surface area contributed by atoms with E-state index >= 15 is 0 Å². The maximum absolute atomic E-state index is 11.3. The molecule has 5 aromatic rings. The first kappa shape index (κ1) is 25.9. The van der Waals surface area contributed by atoms with Gasteiger partial charge >= 0.3 is 7.82 Å². The summed E-state index contributed by atoms with van der Waals surface area (Å²) >= 11 is 0. The van der Waals surface area contributed by atoms with Crippen molar-refractivity contribution in [3.05, 3.63) is 121 Å². The summed E-state index contributed by atoms with van der Waals surface area (Å²) in [5.41, 5.74) is 7.08. The Hall–Kier alpha value is -4.19. The minimum absolute atomic E-state index is 0.129. The molecule has 186 valence electrons. The van der Waals surface area contributed by atoms with E-state index in [0.29, 0.717) is 11.1 Å². The molecule has 5 rings (SSSR count). The second-order valence-corrected chi connectivity index (χ2v) is 9.22. The summed E-state index contributed by atoms with van der Waals surface area (Å²) in [6.45, 7) is 0. The van der Waals surface area contributed by atoms with E-state index in [1.165, 1.54) is 0 Å². The Morgan fingerprint density at radius 3 is 1.32 bits per heavy atom. The maximum Gasteiger partial charge on any atom is 0.466 e. The number of hydrogen-bond acceptors (Lipinski definition) is 3. The molecule has 0 saturated carbocycles. The fourth-order valence-electron chi connectivity index (χ4n) is 4.27. The minimum Gasteiger partial charge on any atom is -0.507 e. The van der Waals surface area contributed by atoms with E-state index in [-0.39, 0.29) is 11.5 Å². The average molecular weight is 512 g/mol. The highest BCUT2D eigenvalue weighted by Gasteiger charge is 2.23. The van der Waals surface area contributed by atoms with E-state index in [4.69, 9.17) is 19.2 Å². The summed E-state index contributed by atoms with van der Waals surface area (Å²) in [5, 5.41) is 22.0. The van der Waals surface area contributed by atoms with E-state index < -0.39 is 7.82 Å². The molecule has 6 nitrogen and oxygen atoms in total. The molecular weight excluding hydrogens is 487 g/mol. The zero-order valence-electron chi connectivity index (χ0n) is 19.6. The van der Waals surface area contributed by atoms with Gasteiger partial charge in [0.1, 0.15) is 11.5 Å². The second-order valence-electron chi connectivity index (χ2n) is 8.20. The lowest BCUT2D eigenvalue weighted by Gasteiger charge is -2.22. The van der Waals surface area contributed by atoms with Crippen molar-refractivity contribution in [1.29, 1.82) is 0 Å². The molecule has 0 fully saturated rings. The molecule has 0 heterocycles. The van der Waals surface area contributed by atoms with Crippen LogP contribution in [0.5, 0.6) is 11.5 Å². The van der Waals surface area contributed by atoms with Crippen molar-refractivity contribution in [2.24, 2.45) is 0 Å². The Kier molecular flexibility index (Phi) is 7.87. The predicted octanol–water partition coefficient (Wildman–Crippen LogP) is 6.84. The van der Waals surface area contributed by atoms with Crippen molar-refractivity contribution >= 4 is 7.82 Å². The summed E-state index contributed by atoms with van der Waals surface area (Å²) in [5.74, 6) is 0.260. The molecule has 0 aliphatic rings. The van der Waals surface area contributed by atoms with Crippen LogP contribution in [0.4, 0.5) is 0 Å². The van der Waals surface area contributed by atoms with Crippen LogP contribution in [0.1, 0.15) is 0 Å². The van der Waals surface area contributed by atoms with Crippen molar-refractivity contribution < 1.29 is 29.5 Å². The molecule has 0 spiro atoms. The number of phosphoric acid groups is 1. The Morgan fingerprint density at radius 1 is 0.432 bits per heavy atom. The molecule has 0 aliphatic heterocycles. The largest absolute Gasteiger partial charge is 0.507 e. The zero-order chi connectivity index (χ0) is 26.4. The van der Waals surface area contributed by atoms with Gasteiger partial charge in [0.05, 0.1) is 0 Å². The van der Waals surface area contributed by atoms with E-state index in [0.717, 1.165) is 33.4 Å².